The molecule has 1 amide bonds. The number of carbonyl (C=O) groups is 1. The summed E-state index contributed by atoms with van der Waals surface area (Å²) in [5, 5.41) is 9.96. The average molecular weight is 496 g/mol. The number of nitrogens with one attached hydrogen (secondary N) is 3. The van der Waals surface area contributed by atoms with E-state index >= 15 is 4.39 Å². The number of amides is 1. The van der Waals surface area contributed by atoms with Crippen molar-refractivity contribution in [2.24, 2.45) is 4.99 Å². The zero-order chi connectivity index (χ0) is 26.5. The van der Waals surface area contributed by atoms with Gasteiger partial charge in [-0.2, -0.15) is 0 Å². The Labute approximate surface area is 213 Å². The quantitative estimate of drug-likeness (QED) is 0.271. The second kappa shape index (κ2) is 11.6. The number of allylic oxidation sites excluding steroid dienone is 2. The van der Waals surface area contributed by atoms with E-state index in [0.717, 1.165) is 48.1 Å². The molecule has 8 heteroatoms. The van der Waals surface area contributed by atoms with E-state index in [1.54, 1.807) is 6.07 Å². The van der Waals surface area contributed by atoms with E-state index in [-0.39, 0.29) is 17.7 Å². The van der Waals surface area contributed by atoms with Crippen LogP contribution in [0.3, 0.4) is 0 Å². The molecule has 0 bridgehead atoms. The van der Waals surface area contributed by atoms with Gasteiger partial charge in [0.2, 0.25) is 0 Å². The first-order valence-electron chi connectivity index (χ1n) is 12.4. The van der Waals surface area contributed by atoms with Crippen LogP contribution in [0.25, 0.3) is 16.5 Å². The van der Waals surface area contributed by atoms with Crippen LogP contribution in [-0.4, -0.2) is 41.6 Å². The maximum atomic E-state index is 15.0. The first kappa shape index (κ1) is 27.3. The number of hydrogen-bond acceptors (Lipinski definition) is 5. The van der Waals surface area contributed by atoms with Crippen LogP contribution in [0.1, 0.15) is 70.3 Å². The highest BCUT2D eigenvalue weighted by Crippen LogP contribution is 2.30. The van der Waals surface area contributed by atoms with Crippen LogP contribution in [0.15, 0.2) is 47.9 Å². The Morgan fingerprint density at radius 1 is 1.31 bits per heavy atom. The zero-order valence-corrected chi connectivity index (χ0v) is 22.2. The number of aliphatic imine (C=N–C) groups is 1. The lowest BCUT2D eigenvalue weighted by Gasteiger charge is -2.23. The number of rotatable bonds is 6. The van der Waals surface area contributed by atoms with E-state index in [1.807, 2.05) is 59.7 Å². The fourth-order valence-corrected chi connectivity index (χ4v) is 4.14. The fourth-order valence-electron chi connectivity index (χ4n) is 4.14. The van der Waals surface area contributed by atoms with E-state index in [0.29, 0.717) is 11.4 Å². The molecule has 0 saturated carbocycles. The summed E-state index contributed by atoms with van der Waals surface area (Å²) in [4.78, 5) is 21.6. The van der Waals surface area contributed by atoms with Crippen molar-refractivity contribution in [1.29, 1.82) is 0 Å². The van der Waals surface area contributed by atoms with Crippen LogP contribution in [0.2, 0.25) is 0 Å². The number of hydrogen-bond donors (Lipinski definition) is 3. The van der Waals surface area contributed by atoms with Gasteiger partial charge >= 0.3 is 6.09 Å². The molecule has 1 fully saturated rings. The second-order valence-electron chi connectivity index (χ2n) is 10.3. The Bertz CT molecular complexity index is 1180. The zero-order valence-electron chi connectivity index (χ0n) is 22.2. The SMILES string of the molecule is C=C(/C(F)=C\NC(C)=NC1CCNCC1)c1ccc2nc(C)cc(C(C)NC(=O)OC(C)(C)C)c2c1. The van der Waals surface area contributed by atoms with Crippen molar-refractivity contribution in [3.05, 3.63) is 59.7 Å². The van der Waals surface area contributed by atoms with Crippen LogP contribution >= 0.6 is 0 Å². The molecule has 3 N–H and O–H groups in total. The highest BCUT2D eigenvalue weighted by atomic mass is 19.1. The summed E-state index contributed by atoms with van der Waals surface area (Å²) in [6.45, 7) is 16.9. The molecule has 1 unspecified atom stereocenters. The van der Waals surface area contributed by atoms with Crippen molar-refractivity contribution in [3.63, 3.8) is 0 Å². The number of amidine groups is 1. The Morgan fingerprint density at radius 2 is 2.00 bits per heavy atom. The third-order valence-corrected chi connectivity index (χ3v) is 5.90. The number of benzene rings is 1. The van der Waals surface area contributed by atoms with Crippen LogP contribution in [0.4, 0.5) is 9.18 Å². The van der Waals surface area contributed by atoms with Crippen LogP contribution < -0.4 is 16.0 Å². The lowest BCUT2D eigenvalue weighted by atomic mass is 9.97. The van der Waals surface area contributed by atoms with Crippen molar-refractivity contribution >= 4 is 28.4 Å². The Kier molecular flexibility index (Phi) is 8.84. The Balaban J connectivity index is 1.80. The molecule has 2 aromatic rings. The summed E-state index contributed by atoms with van der Waals surface area (Å²) in [6.07, 6.45) is 2.76. The first-order chi connectivity index (χ1) is 16.9. The molecule has 7 nitrogen and oxygen atoms in total. The van der Waals surface area contributed by atoms with E-state index in [4.69, 9.17) is 4.74 Å². The van der Waals surface area contributed by atoms with Crippen molar-refractivity contribution in [3.8, 4) is 0 Å². The number of carbonyl (C=O) groups excluding carboxylic acids is 1. The molecule has 0 aliphatic carbocycles. The topological polar surface area (TPSA) is 87.6 Å². The van der Waals surface area contributed by atoms with E-state index in [9.17, 15) is 4.79 Å². The molecule has 1 atom stereocenters. The van der Waals surface area contributed by atoms with Crippen molar-refractivity contribution in [2.75, 3.05) is 13.1 Å². The fraction of sp³-hybridized carbons (Fsp3) is 0.464. The predicted octanol–water partition coefficient (Wildman–Crippen LogP) is 5.71. The molecule has 0 radical (unpaired) electrons. The smallest absolute Gasteiger partial charge is 0.408 e. The summed E-state index contributed by atoms with van der Waals surface area (Å²) in [7, 11) is 0. The maximum absolute atomic E-state index is 15.0. The van der Waals surface area contributed by atoms with Crippen molar-refractivity contribution in [2.45, 2.75) is 72.1 Å². The van der Waals surface area contributed by atoms with Crippen LogP contribution in [0.5, 0.6) is 0 Å². The number of alkyl carbamates (subject to hydrolysis) is 1. The minimum Gasteiger partial charge on any atom is -0.444 e. The second-order valence-corrected chi connectivity index (χ2v) is 10.3. The van der Waals surface area contributed by atoms with Crippen molar-refractivity contribution < 1.29 is 13.9 Å². The third kappa shape index (κ3) is 7.62. The molecule has 36 heavy (non-hydrogen) atoms. The summed E-state index contributed by atoms with van der Waals surface area (Å²) < 4.78 is 20.4. The van der Waals surface area contributed by atoms with Gasteiger partial charge in [-0.25, -0.2) is 9.18 Å². The number of nitrogens with zero attached hydrogens (tertiary/aromatic N) is 2. The number of aryl methyl sites for hydroxylation is 1. The molecule has 1 aliphatic rings. The number of piperidine rings is 1. The first-order valence-corrected chi connectivity index (χ1v) is 12.4. The van der Waals surface area contributed by atoms with Gasteiger partial charge < -0.3 is 20.7 Å². The molecule has 0 spiro atoms. The van der Waals surface area contributed by atoms with Gasteiger partial charge in [-0.05, 0) is 96.8 Å². The molecule has 1 aromatic heterocycles. The standard InChI is InChI=1S/C28H38FN5O2/c1-17-14-23(19(3)33-27(35)36-28(5,6)7)24-15-21(8-9-26(24)32-17)18(2)25(29)16-31-20(4)34-22-10-12-30-13-11-22/h8-9,14-16,19,22,30H,2,10-13H2,1,3-7H3,(H,31,34)(H,33,35)/b25-16+. The lowest BCUT2D eigenvalue weighted by molar-refractivity contribution is 0.0508. The highest BCUT2D eigenvalue weighted by molar-refractivity contribution is 5.89. The van der Waals surface area contributed by atoms with E-state index in [2.05, 4.69) is 32.5 Å². The number of pyridine rings is 1. The molecule has 194 valence electrons. The number of aromatic nitrogens is 1. The number of fused-ring (bicyclic) bond motifs is 1. The molecular weight excluding hydrogens is 457 g/mol. The Morgan fingerprint density at radius 3 is 2.67 bits per heavy atom. The van der Waals surface area contributed by atoms with E-state index in [1.165, 1.54) is 6.20 Å². The van der Waals surface area contributed by atoms with Gasteiger partial charge in [-0.1, -0.05) is 12.6 Å². The molecule has 2 heterocycles. The molecule has 1 aromatic carbocycles. The summed E-state index contributed by atoms with van der Waals surface area (Å²) in [5.74, 6) is 0.197. The average Bonchev–Trinajstić information content (AvgIpc) is 2.80. The number of ether oxygens (including phenoxy) is 1. The molecule has 3 rings (SSSR count). The van der Waals surface area contributed by atoms with Gasteiger partial charge in [0.05, 0.1) is 23.4 Å². The third-order valence-electron chi connectivity index (χ3n) is 5.90. The van der Waals surface area contributed by atoms with Crippen molar-refractivity contribution in [1.82, 2.24) is 20.9 Å². The highest BCUT2D eigenvalue weighted by Gasteiger charge is 2.20. The van der Waals surface area contributed by atoms with Gasteiger partial charge in [0.1, 0.15) is 11.4 Å². The lowest BCUT2D eigenvalue weighted by Crippen LogP contribution is -2.34. The predicted molar refractivity (Wildman–Crippen MR) is 145 cm³/mol. The summed E-state index contributed by atoms with van der Waals surface area (Å²) in [6, 6.07) is 7.34. The van der Waals surface area contributed by atoms with Gasteiger partial charge in [0, 0.05) is 22.9 Å². The van der Waals surface area contributed by atoms with Gasteiger partial charge in [0.15, 0.2) is 0 Å². The minimum absolute atomic E-state index is 0.248. The molecule has 1 aliphatic heterocycles. The largest absolute Gasteiger partial charge is 0.444 e. The monoisotopic (exact) mass is 495 g/mol. The minimum atomic E-state index is -0.598. The van der Waals surface area contributed by atoms with Gasteiger partial charge in [-0.15, -0.1) is 0 Å². The van der Waals surface area contributed by atoms with Gasteiger partial charge in [0.25, 0.3) is 0 Å². The normalized spacial score (nSPS) is 16.5. The molecule has 1 saturated heterocycles. The molecular formula is C28H38FN5O2. The number of halogens is 1. The summed E-state index contributed by atoms with van der Waals surface area (Å²) in [5.41, 5.74) is 2.72. The Hall–Kier alpha value is -3.26. The van der Waals surface area contributed by atoms with E-state index < -0.39 is 17.5 Å². The van der Waals surface area contributed by atoms with Gasteiger partial charge in [-0.3, -0.25) is 9.98 Å². The maximum Gasteiger partial charge on any atom is 0.408 e. The van der Waals surface area contributed by atoms with Crippen LogP contribution in [-0.2, 0) is 4.74 Å². The summed E-state index contributed by atoms with van der Waals surface area (Å²) >= 11 is 0. The van der Waals surface area contributed by atoms with Crippen LogP contribution in [0, 0.1) is 6.92 Å².